The van der Waals surface area contributed by atoms with E-state index in [-0.39, 0.29) is 24.8 Å². The van der Waals surface area contributed by atoms with Crippen LogP contribution in [-0.4, -0.2) is 6.94 Å². The summed E-state index contributed by atoms with van der Waals surface area (Å²) in [6.45, 7) is 6.81. The molecule has 0 spiro atoms. The van der Waals surface area contributed by atoms with Crippen molar-refractivity contribution in [3.8, 4) is 0 Å². The molecule has 0 radical (unpaired) electrons. The molecule has 0 unspecified atom stereocenters. The number of allylic oxidation sites excluding steroid dienone is 8. The average molecular weight is 470 g/mol. The maximum atomic E-state index is 2.60. The van der Waals surface area contributed by atoms with Gasteiger partial charge in [0.05, 0.1) is 0 Å². The van der Waals surface area contributed by atoms with Crippen molar-refractivity contribution < 1.29 is 17.1 Å². The van der Waals surface area contributed by atoms with Crippen LogP contribution in [0.2, 0.25) is 9.36 Å². The second-order valence-electron chi connectivity index (χ2n) is 6.33. The van der Waals surface area contributed by atoms with E-state index in [2.05, 4.69) is 54.5 Å². The van der Waals surface area contributed by atoms with Crippen LogP contribution < -0.4 is 0 Å². The summed E-state index contributed by atoms with van der Waals surface area (Å²) in [4.78, 5) is 0. The van der Waals surface area contributed by atoms with Gasteiger partial charge in [-0.05, 0) is 0 Å². The molecule has 2 aliphatic rings. The van der Waals surface area contributed by atoms with Gasteiger partial charge in [-0.3, -0.25) is 0 Å². The van der Waals surface area contributed by atoms with Crippen LogP contribution in [-0.2, 0) is 17.1 Å². The number of hydrogen-bond donors (Lipinski definition) is 0. The monoisotopic (exact) mass is 470 g/mol. The van der Waals surface area contributed by atoms with E-state index >= 15 is 0 Å². The minimum atomic E-state index is -2.83. The zero-order chi connectivity index (χ0) is 12.0. The van der Waals surface area contributed by atoms with Gasteiger partial charge in [-0.1, -0.05) is 0 Å². The van der Waals surface area contributed by atoms with Gasteiger partial charge in [-0.2, -0.15) is 0 Å². The molecule has 2 aliphatic carbocycles. The summed E-state index contributed by atoms with van der Waals surface area (Å²) in [6, 6.07) is 0. The van der Waals surface area contributed by atoms with Crippen LogP contribution in [0.25, 0.3) is 0 Å². The molecular weight excluding hydrogens is 446 g/mol. The molecular formula is C14H24Cl2HfSi. The maximum Gasteiger partial charge on any atom is -0.147 e. The van der Waals surface area contributed by atoms with Gasteiger partial charge in [-0.25, -0.2) is 0 Å². The van der Waals surface area contributed by atoms with Crippen molar-refractivity contribution in [3.63, 3.8) is 0 Å². The molecule has 0 aromatic rings. The third kappa shape index (κ3) is 3.39. The van der Waals surface area contributed by atoms with Crippen molar-refractivity contribution in [2.75, 3.05) is 0 Å². The van der Waals surface area contributed by atoms with Crippen molar-refractivity contribution in [2.45, 2.75) is 36.0 Å². The van der Waals surface area contributed by atoms with E-state index in [1.165, 1.54) is 24.0 Å². The van der Waals surface area contributed by atoms with Gasteiger partial charge in [0, 0.05) is 0 Å². The summed E-state index contributed by atoms with van der Waals surface area (Å²) in [6.07, 6.45) is 12.2. The quantitative estimate of drug-likeness (QED) is 0.517. The fourth-order valence-corrected chi connectivity index (χ4v) is 18.6. The van der Waals surface area contributed by atoms with Crippen molar-refractivity contribution in [3.05, 3.63) is 42.1 Å². The van der Waals surface area contributed by atoms with Gasteiger partial charge in [-0.15, -0.1) is 24.8 Å². The minimum Gasteiger partial charge on any atom is -0.147 e. The first-order valence-corrected chi connectivity index (χ1v) is 25.2. The second-order valence-corrected chi connectivity index (χ2v) is 47.6. The van der Waals surface area contributed by atoms with E-state index in [0.29, 0.717) is 0 Å². The summed E-state index contributed by atoms with van der Waals surface area (Å²) in [5.41, 5.74) is 2.94. The Kier molecular flexibility index (Phi) is 6.15. The Hall–Kier alpha value is 0.627. The molecule has 102 valence electrons. The van der Waals surface area contributed by atoms with Gasteiger partial charge in [0.25, 0.3) is 0 Å². The van der Waals surface area contributed by atoms with Crippen molar-refractivity contribution in [1.29, 1.82) is 0 Å². The Morgan fingerprint density at radius 3 is 1.44 bits per heavy atom. The molecule has 0 aromatic heterocycles. The molecule has 2 rings (SSSR count). The smallest absolute Gasteiger partial charge is 0.147 e. The maximum absolute atomic E-state index is 2.83. The first-order valence-electron chi connectivity index (χ1n) is 6.11. The SMILES string of the molecule is CC1=CC[C]([Hf]([CH3])([CH3])(=[SiH2])[C]2=CC(C)=CC2)=C1.Cl.Cl. The third-order valence-electron chi connectivity index (χ3n) is 4.15. The molecule has 0 nitrogen and oxygen atoms in total. The van der Waals surface area contributed by atoms with E-state index in [1.807, 2.05) is 0 Å². The fraction of sp³-hybridized carbons (Fsp3) is 0.429. The summed E-state index contributed by atoms with van der Waals surface area (Å²) in [7, 11) is 0. The zero-order valence-electron chi connectivity index (χ0n) is 11.7. The van der Waals surface area contributed by atoms with Crippen LogP contribution in [0.5, 0.6) is 0 Å². The van der Waals surface area contributed by atoms with E-state index in [0.717, 1.165) is 0 Å². The summed E-state index contributed by atoms with van der Waals surface area (Å²) >= 11 is -2.83. The summed E-state index contributed by atoms with van der Waals surface area (Å²) < 4.78 is 8.77. The average Bonchev–Trinajstić information content (AvgIpc) is 2.73. The normalized spacial score (nSPS) is 19.2. The summed E-state index contributed by atoms with van der Waals surface area (Å²) in [5, 5.41) is 0. The van der Waals surface area contributed by atoms with E-state index in [4.69, 9.17) is 0 Å². The Labute approximate surface area is 126 Å². The molecule has 0 saturated heterocycles. The van der Waals surface area contributed by atoms with Gasteiger partial charge >= 0.3 is 102 Å². The van der Waals surface area contributed by atoms with Gasteiger partial charge in [0.15, 0.2) is 0 Å². The molecule has 0 aromatic carbocycles. The van der Waals surface area contributed by atoms with E-state index in [1.54, 1.807) is 6.66 Å². The molecule has 0 fully saturated rings. The molecule has 0 aliphatic heterocycles. The first-order chi connectivity index (χ1) is 7.28. The standard InChI is InChI=1S/2C6H7.2CH3.2ClH.Hf.H2Si/c2*1-6-4-2-3-5-6;;;;;;/h2*4-5H,2H2,1H3;2*1H3;2*1H;;1H2. The first kappa shape index (κ1) is 18.6. The zero-order valence-corrected chi connectivity index (χ0v) is 18.4. The van der Waals surface area contributed by atoms with Crippen molar-refractivity contribution in [2.24, 2.45) is 0 Å². The Morgan fingerprint density at radius 1 is 0.889 bits per heavy atom. The molecule has 18 heavy (non-hydrogen) atoms. The molecule has 0 atom stereocenters. The molecule has 0 N–H and O–H groups in total. The van der Waals surface area contributed by atoms with Gasteiger partial charge in [0.1, 0.15) is 0 Å². The predicted octanol–water partition coefficient (Wildman–Crippen LogP) is 4.63. The van der Waals surface area contributed by atoms with E-state index in [9.17, 15) is 0 Å². The fourth-order valence-electron chi connectivity index (χ4n) is 2.65. The molecule has 4 heteroatoms. The van der Waals surface area contributed by atoms with Gasteiger partial charge < -0.3 is 0 Å². The van der Waals surface area contributed by atoms with Crippen LogP contribution >= 0.6 is 24.8 Å². The predicted molar refractivity (Wildman–Crippen MR) is 87.7 cm³/mol. The number of rotatable bonds is 2. The minimum absolute atomic E-state index is 0. The number of halogens is 2. The molecule has 0 saturated carbocycles. The van der Waals surface area contributed by atoms with Gasteiger partial charge in [0.2, 0.25) is 0 Å². The molecule has 0 heterocycles. The Morgan fingerprint density at radius 2 is 1.22 bits per heavy atom. The molecule has 0 bridgehead atoms. The van der Waals surface area contributed by atoms with Crippen molar-refractivity contribution in [1.82, 2.24) is 0 Å². The third-order valence-corrected chi connectivity index (χ3v) is 28.9. The van der Waals surface area contributed by atoms with E-state index < -0.39 is 17.1 Å². The van der Waals surface area contributed by atoms with Crippen LogP contribution in [0.4, 0.5) is 0 Å². The summed E-state index contributed by atoms with van der Waals surface area (Å²) in [5.74, 6) is 0. The second kappa shape index (κ2) is 5.95. The van der Waals surface area contributed by atoms with Crippen LogP contribution in [0.15, 0.2) is 42.1 Å². The van der Waals surface area contributed by atoms with Crippen LogP contribution in [0.3, 0.4) is 0 Å². The largest absolute Gasteiger partial charge is 0.147 e. The Balaban J connectivity index is 0.00000144. The Bertz CT molecular complexity index is 488. The van der Waals surface area contributed by atoms with Crippen LogP contribution in [0.1, 0.15) is 26.7 Å². The van der Waals surface area contributed by atoms with Crippen molar-refractivity contribution >= 4 is 31.8 Å². The van der Waals surface area contributed by atoms with Crippen LogP contribution in [0, 0.1) is 0 Å². The molecule has 0 amide bonds. The topological polar surface area (TPSA) is 0 Å². The number of hydrogen-bond acceptors (Lipinski definition) is 0.